The van der Waals surface area contributed by atoms with Crippen LogP contribution in [-0.4, -0.2) is 43.1 Å². The summed E-state index contributed by atoms with van der Waals surface area (Å²) >= 11 is 0. The van der Waals surface area contributed by atoms with E-state index in [1.54, 1.807) is 30.3 Å². The molecule has 0 aliphatic carbocycles. The lowest BCUT2D eigenvalue weighted by Gasteiger charge is -2.36. The molecule has 0 saturated heterocycles. The first-order chi connectivity index (χ1) is 16.7. The van der Waals surface area contributed by atoms with Gasteiger partial charge in [-0.1, -0.05) is 36.4 Å². The summed E-state index contributed by atoms with van der Waals surface area (Å²) in [5.41, 5.74) is 6.59. The lowest BCUT2D eigenvalue weighted by molar-refractivity contribution is -0.147. The monoisotopic (exact) mass is 476 g/mol. The summed E-state index contributed by atoms with van der Waals surface area (Å²) in [6.07, 6.45) is 0. The van der Waals surface area contributed by atoms with Gasteiger partial charge in [0.1, 0.15) is 11.5 Å². The van der Waals surface area contributed by atoms with E-state index in [0.717, 1.165) is 19.1 Å². The SMILES string of the molecule is COC(=O)C1=C(C(=O)OC)N(c2cccc(NC(=O)C(=O)O)c2)C(N)=C(C#N)C1c1ccccc1. The zero-order valence-corrected chi connectivity index (χ0v) is 18.6. The summed E-state index contributed by atoms with van der Waals surface area (Å²) in [6.45, 7) is 0. The molecule has 0 fully saturated rings. The van der Waals surface area contributed by atoms with Gasteiger partial charge in [-0.15, -0.1) is 0 Å². The molecule has 1 unspecified atom stereocenters. The largest absolute Gasteiger partial charge is 0.474 e. The Bertz CT molecular complexity index is 1310. The second kappa shape index (κ2) is 10.2. The number of hydrogen-bond donors (Lipinski definition) is 3. The number of amides is 1. The number of nitrogens with one attached hydrogen (secondary N) is 1. The maximum Gasteiger partial charge on any atom is 0.394 e. The van der Waals surface area contributed by atoms with E-state index in [4.69, 9.17) is 20.3 Å². The van der Waals surface area contributed by atoms with Crippen LogP contribution in [0.25, 0.3) is 0 Å². The minimum atomic E-state index is -1.70. The highest BCUT2D eigenvalue weighted by Gasteiger charge is 2.43. The van der Waals surface area contributed by atoms with Crippen molar-refractivity contribution in [1.82, 2.24) is 0 Å². The fourth-order valence-corrected chi connectivity index (χ4v) is 3.69. The number of ether oxygens (including phenoxy) is 2. The number of rotatable bonds is 5. The molecule has 11 nitrogen and oxygen atoms in total. The molecule has 0 spiro atoms. The van der Waals surface area contributed by atoms with Crippen LogP contribution < -0.4 is 16.0 Å². The first kappa shape index (κ1) is 24.5. The standard InChI is InChI=1S/C24H20N4O7/c1-34-23(32)18-17(13-7-4-3-5-8-13)16(12-25)20(26)28(19(18)24(33)35-2)15-10-6-9-14(11-15)27-21(29)22(30)31/h3-11,17H,26H2,1-2H3,(H,27,29)(H,30,31). The minimum Gasteiger partial charge on any atom is -0.474 e. The van der Waals surface area contributed by atoms with Gasteiger partial charge in [0.2, 0.25) is 0 Å². The molecular formula is C24H20N4O7. The van der Waals surface area contributed by atoms with Gasteiger partial charge in [-0.2, -0.15) is 5.26 Å². The quantitative estimate of drug-likeness (QED) is 0.425. The number of hydrogen-bond acceptors (Lipinski definition) is 9. The summed E-state index contributed by atoms with van der Waals surface area (Å²) in [5.74, 6) is -6.02. The molecule has 178 valence electrons. The van der Waals surface area contributed by atoms with Crippen LogP contribution >= 0.6 is 0 Å². The molecule has 1 aliphatic rings. The van der Waals surface area contributed by atoms with E-state index in [2.05, 4.69) is 5.32 Å². The molecule has 0 saturated carbocycles. The molecule has 11 heteroatoms. The second-order valence-electron chi connectivity index (χ2n) is 7.14. The fourth-order valence-electron chi connectivity index (χ4n) is 3.69. The smallest absolute Gasteiger partial charge is 0.394 e. The molecule has 0 bridgehead atoms. The van der Waals surface area contributed by atoms with Crippen LogP contribution in [0.5, 0.6) is 0 Å². The van der Waals surface area contributed by atoms with Crippen molar-refractivity contribution in [2.45, 2.75) is 5.92 Å². The third-order valence-electron chi connectivity index (χ3n) is 5.17. The number of nitrogens with two attached hydrogens (primary N) is 1. The number of carbonyl (C=O) groups is 4. The lowest BCUT2D eigenvalue weighted by Crippen LogP contribution is -2.40. The van der Waals surface area contributed by atoms with Crippen LogP contribution in [-0.2, 0) is 28.7 Å². The zero-order chi connectivity index (χ0) is 25.7. The molecule has 1 amide bonds. The predicted octanol–water partition coefficient (Wildman–Crippen LogP) is 1.61. The van der Waals surface area contributed by atoms with Crippen LogP contribution in [0.15, 0.2) is 77.3 Å². The van der Waals surface area contributed by atoms with Gasteiger partial charge in [0.15, 0.2) is 0 Å². The molecule has 2 aromatic carbocycles. The molecule has 1 heterocycles. The fraction of sp³-hybridized carbons (Fsp3) is 0.125. The molecular weight excluding hydrogens is 456 g/mol. The van der Waals surface area contributed by atoms with Gasteiger partial charge in [0.25, 0.3) is 0 Å². The number of nitriles is 1. The highest BCUT2D eigenvalue weighted by atomic mass is 16.5. The number of esters is 2. The highest BCUT2D eigenvalue weighted by Crippen LogP contribution is 2.43. The van der Waals surface area contributed by atoms with Crippen molar-refractivity contribution in [3.63, 3.8) is 0 Å². The van der Waals surface area contributed by atoms with E-state index in [9.17, 15) is 24.4 Å². The Hall–Kier alpha value is -5.11. The van der Waals surface area contributed by atoms with Gasteiger partial charge in [-0.05, 0) is 23.8 Å². The van der Waals surface area contributed by atoms with Gasteiger partial charge in [-0.25, -0.2) is 14.4 Å². The number of methoxy groups -OCH3 is 2. The first-order valence-electron chi connectivity index (χ1n) is 10.0. The van der Waals surface area contributed by atoms with E-state index in [0.29, 0.717) is 5.56 Å². The van der Waals surface area contributed by atoms with Crippen molar-refractivity contribution in [2.75, 3.05) is 24.4 Å². The maximum absolute atomic E-state index is 13.0. The molecule has 0 aromatic heterocycles. The molecule has 1 aliphatic heterocycles. The van der Waals surface area contributed by atoms with Crippen molar-refractivity contribution < 1.29 is 33.8 Å². The molecule has 1 atom stereocenters. The summed E-state index contributed by atoms with van der Waals surface area (Å²) < 4.78 is 9.89. The van der Waals surface area contributed by atoms with Crippen molar-refractivity contribution in [3.8, 4) is 6.07 Å². The van der Waals surface area contributed by atoms with Crippen molar-refractivity contribution in [1.29, 1.82) is 5.26 Å². The van der Waals surface area contributed by atoms with Crippen molar-refractivity contribution in [2.24, 2.45) is 5.73 Å². The van der Waals surface area contributed by atoms with E-state index < -0.39 is 29.7 Å². The van der Waals surface area contributed by atoms with E-state index >= 15 is 0 Å². The zero-order valence-electron chi connectivity index (χ0n) is 18.6. The Kier molecular flexibility index (Phi) is 7.16. The third kappa shape index (κ3) is 4.67. The van der Waals surface area contributed by atoms with Crippen LogP contribution in [0, 0.1) is 11.3 Å². The molecule has 2 aromatic rings. The number of nitrogens with zero attached hydrogens (tertiary/aromatic N) is 2. The Morgan fingerprint density at radius 1 is 1.03 bits per heavy atom. The van der Waals surface area contributed by atoms with Crippen molar-refractivity contribution >= 4 is 35.2 Å². The number of aliphatic carboxylic acids is 1. The van der Waals surface area contributed by atoms with Gasteiger partial charge in [0, 0.05) is 11.4 Å². The average Bonchev–Trinajstić information content (AvgIpc) is 2.87. The van der Waals surface area contributed by atoms with Crippen LogP contribution in [0.3, 0.4) is 0 Å². The number of benzene rings is 2. The van der Waals surface area contributed by atoms with E-state index in [1.165, 1.54) is 24.3 Å². The molecule has 0 radical (unpaired) electrons. The number of carbonyl (C=O) groups excluding carboxylic acids is 3. The molecule has 35 heavy (non-hydrogen) atoms. The number of anilines is 2. The summed E-state index contributed by atoms with van der Waals surface area (Å²) in [7, 11) is 2.25. The number of carboxylic acid groups (broad SMARTS) is 1. The number of carboxylic acids is 1. The molecule has 4 N–H and O–H groups in total. The van der Waals surface area contributed by atoms with E-state index in [1.807, 2.05) is 6.07 Å². The van der Waals surface area contributed by atoms with Gasteiger partial charge < -0.3 is 25.6 Å². The number of allylic oxidation sites excluding steroid dienone is 1. The van der Waals surface area contributed by atoms with Crippen LogP contribution in [0.2, 0.25) is 0 Å². The summed E-state index contributed by atoms with van der Waals surface area (Å²) in [6, 6.07) is 16.2. The third-order valence-corrected chi connectivity index (χ3v) is 5.17. The second-order valence-corrected chi connectivity index (χ2v) is 7.14. The average molecular weight is 476 g/mol. The summed E-state index contributed by atoms with van der Waals surface area (Å²) in [4.78, 5) is 49.7. The normalized spacial score (nSPS) is 15.2. The van der Waals surface area contributed by atoms with Gasteiger partial charge in [0.05, 0.1) is 37.4 Å². The van der Waals surface area contributed by atoms with Gasteiger partial charge >= 0.3 is 23.8 Å². The Morgan fingerprint density at radius 3 is 2.26 bits per heavy atom. The van der Waals surface area contributed by atoms with E-state index in [-0.39, 0.29) is 34.0 Å². The van der Waals surface area contributed by atoms with Gasteiger partial charge in [-0.3, -0.25) is 9.69 Å². The Morgan fingerprint density at radius 2 is 1.69 bits per heavy atom. The molecule has 3 rings (SSSR count). The maximum atomic E-state index is 13.0. The van der Waals surface area contributed by atoms with Crippen LogP contribution in [0.1, 0.15) is 11.5 Å². The topological polar surface area (TPSA) is 172 Å². The van der Waals surface area contributed by atoms with Crippen molar-refractivity contribution in [3.05, 3.63) is 82.8 Å². The van der Waals surface area contributed by atoms with Crippen LogP contribution in [0.4, 0.5) is 11.4 Å². The lowest BCUT2D eigenvalue weighted by atomic mass is 9.81. The first-order valence-corrected chi connectivity index (χ1v) is 10.0. The Balaban J connectivity index is 2.32. The summed E-state index contributed by atoms with van der Waals surface area (Å²) in [5, 5.41) is 21.1. The predicted molar refractivity (Wildman–Crippen MR) is 122 cm³/mol. The highest BCUT2D eigenvalue weighted by molar-refractivity contribution is 6.36. The minimum absolute atomic E-state index is 0.0378. The Labute approximate surface area is 199 Å².